The van der Waals surface area contributed by atoms with Crippen LogP contribution in [0.3, 0.4) is 0 Å². The first-order valence-corrected chi connectivity index (χ1v) is 14.7. The van der Waals surface area contributed by atoms with Crippen LogP contribution < -0.4 is 14.8 Å². The zero-order chi connectivity index (χ0) is 28.9. The minimum atomic E-state index is 0.0243. The number of ether oxygens (including phenoxy) is 2. The second-order valence-electron chi connectivity index (χ2n) is 11.1. The number of nitrogens with zero attached hydrogens (tertiary/aromatic N) is 5. The van der Waals surface area contributed by atoms with Gasteiger partial charge in [-0.2, -0.15) is 0 Å². The fourth-order valence-corrected chi connectivity index (χ4v) is 5.88. The molecule has 0 spiro atoms. The van der Waals surface area contributed by atoms with Gasteiger partial charge in [-0.15, -0.1) is 10.2 Å². The Labute approximate surface area is 247 Å². The van der Waals surface area contributed by atoms with E-state index in [-0.39, 0.29) is 5.91 Å². The van der Waals surface area contributed by atoms with Gasteiger partial charge in [0.15, 0.2) is 11.5 Å². The highest BCUT2D eigenvalue weighted by Crippen LogP contribution is 2.30. The second-order valence-corrected chi connectivity index (χ2v) is 11.1. The van der Waals surface area contributed by atoms with Gasteiger partial charge in [-0.25, -0.2) is 0 Å². The van der Waals surface area contributed by atoms with Crippen LogP contribution >= 0.6 is 0 Å². The molecule has 6 rings (SSSR count). The molecular weight excluding hydrogens is 528 g/mol. The molecular formula is C33H38N6O3. The second kappa shape index (κ2) is 12.8. The number of carbonyl (C=O) groups excluding carboxylic acids is 1. The molecule has 42 heavy (non-hydrogen) atoms. The number of fused-ring (bicyclic) bond motifs is 3. The predicted molar refractivity (Wildman–Crippen MR) is 162 cm³/mol. The summed E-state index contributed by atoms with van der Waals surface area (Å²) >= 11 is 0. The van der Waals surface area contributed by atoms with Crippen LogP contribution in [-0.4, -0.2) is 70.3 Å². The summed E-state index contributed by atoms with van der Waals surface area (Å²) in [6, 6.07) is 22.4. The first kappa shape index (κ1) is 27.9. The summed E-state index contributed by atoms with van der Waals surface area (Å²) in [5.41, 5.74) is 5.47. The molecule has 1 amide bonds. The Morgan fingerprint density at radius 2 is 1.71 bits per heavy atom. The van der Waals surface area contributed by atoms with E-state index in [0.717, 1.165) is 92.1 Å². The van der Waals surface area contributed by atoms with Crippen molar-refractivity contribution < 1.29 is 14.3 Å². The fourth-order valence-electron chi connectivity index (χ4n) is 5.88. The van der Waals surface area contributed by atoms with Gasteiger partial charge in [-0.05, 0) is 79.9 Å². The normalized spacial score (nSPS) is 15.4. The molecule has 218 valence electrons. The zero-order valence-corrected chi connectivity index (χ0v) is 24.4. The Morgan fingerprint density at radius 1 is 0.881 bits per heavy atom. The number of amides is 1. The SMILES string of the molecule is COc1cc(CN2CCCN(CC(=O)Nc3ccc4c(c3)CCc3nnc(C)n3-4)CC2)ccc1OCc1ccccc1. The minimum Gasteiger partial charge on any atom is -0.493 e. The monoisotopic (exact) mass is 566 g/mol. The van der Waals surface area contributed by atoms with Gasteiger partial charge in [0.2, 0.25) is 5.91 Å². The van der Waals surface area contributed by atoms with Crippen molar-refractivity contribution in [3.8, 4) is 17.2 Å². The third-order valence-electron chi connectivity index (χ3n) is 8.03. The summed E-state index contributed by atoms with van der Waals surface area (Å²) in [4.78, 5) is 17.7. The largest absolute Gasteiger partial charge is 0.493 e. The van der Waals surface area contributed by atoms with Crippen LogP contribution in [0.5, 0.6) is 11.5 Å². The van der Waals surface area contributed by atoms with Crippen LogP contribution in [0.1, 0.15) is 34.8 Å². The van der Waals surface area contributed by atoms with Crippen molar-refractivity contribution in [3.05, 3.63) is 95.1 Å². The molecule has 9 nitrogen and oxygen atoms in total. The van der Waals surface area contributed by atoms with Crippen LogP contribution in [0.2, 0.25) is 0 Å². The van der Waals surface area contributed by atoms with E-state index in [0.29, 0.717) is 13.2 Å². The first-order chi connectivity index (χ1) is 20.6. The van der Waals surface area contributed by atoms with Crippen molar-refractivity contribution in [2.24, 2.45) is 0 Å². The number of hydrogen-bond donors (Lipinski definition) is 1. The van der Waals surface area contributed by atoms with Crippen LogP contribution in [0.4, 0.5) is 5.69 Å². The standard InChI is InChI=1S/C33H38N6O3/c1-24-35-36-32-14-10-27-20-28(11-12-29(27)39(24)32)34-33(40)22-38-16-6-15-37(17-18-38)21-26-9-13-30(31(19-26)41-2)42-23-25-7-4-3-5-8-25/h3-5,7-9,11-13,19-20H,6,10,14-18,21-23H2,1-2H3,(H,34,40). The van der Waals surface area contributed by atoms with E-state index in [2.05, 4.69) is 66.3 Å². The summed E-state index contributed by atoms with van der Waals surface area (Å²) in [5, 5.41) is 11.6. The molecule has 0 radical (unpaired) electrons. The predicted octanol–water partition coefficient (Wildman–Crippen LogP) is 4.41. The summed E-state index contributed by atoms with van der Waals surface area (Å²) in [6.07, 6.45) is 2.77. The number of carbonyl (C=O) groups is 1. The first-order valence-electron chi connectivity index (χ1n) is 14.7. The third kappa shape index (κ3) is 6.48. The average molecular weight is 567 g/mol. The Kier molecular flexibility index (Phi) is 8.48. The van der Waals surface area contributed by atoms with Crippen LogP contribution in [0.25, 0.3) is 5.69 Å². The molecule has 1 N–H and O–H groups in total. The van der Waals surface area contributed by atoms with E-state index in [1.54, 1.807) is 7.11 Å². The lowest BCUT2D eigenvalue weighted by molar-refractivity contribution is -0.117. The molecule has 3 aromatic carbocycles. The highest BCUT2D eigenvalue weighted by Gasteiger charge is 2.21. The maximum atomic E-state index is 13.0. The highest BCUT2D eigenvalue weighted by molar-refractivity contribution is 5.92. The van der Waals surface area contributed by atoms with Crippen molar-refractivity contribution in [1.82, 2.24) is 24.6 Å². The molecule has 1 saturated heterocycles. The lowest BCUT2D eigenvalue weighted by Crippen LogP contribution is -2.36. The molecule has 1 fully saturated rings. The lowest BCUT2D eigenvalue weighted by Gasteiger charge is -2.22. The van der Waals surface area contributed by atoms with Gasteiger partial charge >= 0.3 is 0 Å². The molecule has 3 heterocycles. The molecule has 2 aliphatic rings. The average Bonchev–Trinajstić information content (AvgIpc) is 3.26. The number of methoxy groups -OCH3 is 1. The van der Waals surface area contributed by atoms with Gasteiger partial charge in [0, 0.05) is 31.7 Å². The van der Waals surface area contributed by atoms with Gasteiger partial charge in [0.05, 0.1) is 19.3 Å². The van der Waals surface area contributed by atoms with Crippen LogP contribution in [-0.2, 0) is 30.8 Å². The Morgan fingerprint density at radius 3 is 2.57 bits per heavy atom. The summed E-state index contributed by atoms with van der Waals surface area (Å²) in [5.74, 6) is 3.40. The molecule has 2 aliphatic heterocycles. The third-order valence-corrected chi connectivity index (χ3v) is 8.03. The van der Waals surface area contributed by atoms with Crippen LogP contribution in [0, 0.1) is 6.92 Å². The van der Waals surface area contributed by atoms with Crippen molar-refractivity contribution in [3.63, 3.8) is 0 Å². The number of rotatable bonds is 9. The zero-order valence-electron chi connectivity index (χ0n) is 24.4. The number of hydrogen-bond acceptors (Lipinski definition) is 7. The summed E-state index contributed by atoms with van der Waals surface area (Å²) in [6.45, 7) is 7.34. The van der Waals surface area contributed by atoms with E-state index >= 15 is 0 Å². The number of anilines is 1. The molecule has 0 aliphatic carbocycles. The van der Waals surface area contributed by atoms with Crippen molar-refractivity contribution in [2.75, 3.05) is 45.2 Å². The van der Waals surface area contributed by atoms with Gasteiger partial charge < -0.3 is 14.8 Å². The molecule has 0 saturated carbocycles. The van der Waals surface area contributed by atoms with Gasteiger partial charge in [0.25, 0.3) is 0 Å². The molecule has 0 bridgehead atoms. The van der Waals surface area contributed by atoms with E-state index in [4.69, 9.17) is 9.47 Å². The number of benzene rings is 3. The van der Waals surface area contributed by atoms with Gasteiger partial charge in [0.1, 0.15) is 18.3 Å². The smallest absolute Gasteiger partial charge is 0.238 e. The van der Waals surface area contributed by atoms with Crippen molar-refractivity contribution in [2.45, 2.75) is 39.3 Å². The quantitative estimate of drug-likeness (QED) is 0.321. The van der Waals surface area contributed by atoms with Gasteiger partial charge in [-0.1, -0.05) is 36.4 Å². The Balaban J connectivity index is 0.999. The Hall–Kier alpha value is -4.21. The topological polar surface area (TPSA) is 84.8 Å². The Bertz CT molecular complexity index is 1540. The minimum absolute atomic E-state index is 0.0243. The maximum absolute atomic E-state index is 13.0. The van der Waals surface area contributed by atoms with Crippen molar-refractivity contribution in [1.29, 1.82) is 0 Å². The number of nitrogens with one attached hydrogen (secondary N) is 1. The number of aryl methyl sites for hydroxylation is 3. The van der Waals surface area contributed by atoms with E-state index in [9.17, 15) is 4.79 Å². The summed E-state index contributed by atoms with van der Waals surface area (Å²) in [7, 11) is 1.68. The van der Waals surface area contributed by atoms with E-state index in [1.165, 1.54) is 11.1 Å². The van der Waals surface area contributed by atoms with Gasteiger partial charge in [-0.3, -0.25) is 19.2 Å². The van der Waals surface area contributed by atoms with E-state index < -0.39 is 0 Å². The number of aromatic nitrogens is 3. The molecule has 1 aromatic heterocycles. The molecule has 4 aromatic rings. The molecule has 9 heteroatoms. The molecule has 0 unspecified atom stereocenters. The fraction of sp³-hybridized carbons (Fsp3) is 0.364. The summed E-state index contributed by atoms with van der Waals surface area (Å²) < 4.78 is 13.8. The lowest BCUT2D eigenvalue weighted by atomic mass is 10.0. The highest BCUT2D eigenvalue weighted by atomic mass is 16.5. The van der Waals surface area contributed by atoms with Crippen LogP contribution in [0.15, 0.2) is 66.7 Å². The molecule has 0 atom stereocenters. The van der Waals surface area contributed by atoms with E-state index in [1.807, 2.05) is 37.3 Å². The maximum Gasteiger partial charge on any atom is 0.238 e. The van der Waals surface area contributed by atoms with Crippen molar-refractivity contribution >= 4 is 11.6 Å².